The van der Waals surface area contributed by atoms with Crippen LogP contribution in [0.2, 0.25) is 0 Å². The number of aromatic nitrogens is 3. The van der Waals surface area contributed by atoms with E-state index in [1.165, 1.54) is 4.90 Å². The third kappa shape index (κ3) is 4.41. The van der Waals surface area contributed by atoms with Gasteiger partial charge < -0.3 is 19.9 Å². The van der Waals surface area contributed by atoms with Crippen LogP contribution in [0.25, 0.3) is 0 Å². The van der Waals surface area contributed by atoms with Gasteiger partial charge in [-0.2, -0.15) is 0 Å². The first kappa shape index (κ1) is 19.7. The molecule has 0 bridgehead atoms. The first-order chi connectivity index (χ1) is 13.3. The summed E-state index contributed by atoms with van der Waals surface area (Å²) in [6.07, 6.45) is 2.14. The SMILES string of the molecule is Cc1cn(CCNC(=O)CC2COc3ccc(C(=O)N(C)C)cc3N2C)nn1. The van der Waals surface area contributed by atoms with Crippen molar-refractivity contribution in [1.82, 2.24) is 25.2 Å². The van der Waals surface area contributed by atoms with Crippen molar-refractivity contribution < 1.29 is 14.3 Å². The van der Waals surface area contributed by atoms with Crippen molar-refractivity contribution in [3.05, 3.63) is 35.7 Å². The van der Waals surface area contributed by atoms with Crippen molar-refractivity contribution in [3.63, 3.8) is 0 Å². The Labute approximate surface area is 164 Å². The lowest BCUT2D eigenvalue weighted by atomic mass is 10.1. The number of carbonyl (C=O) groups excluding carboxylic acids is 2. The zero-order chi connectivity index (χ0) is 20.3. The molecule has 1 atom stereocenters. The highest BCUT2D eigenvalue weighted by atomic mass is 16.5. The van der Waals surface area contributed by atoms with Crippen molar-refractivity contribution in [1.29, 1.82) is 0 Å². The molecule has 3 rings (SSSR count). The maximum Gasteiger partial charge on any atom is 0.253 e. The summed E-state index contributed by atoms with van der Waals surface area (Å²) in [7, 11) is 5.35. The summed E-state index contributed by atoms with van der Waals surface area (Å²) in [4.78, 5) is 28.1. The highest BCUT2D eigenvalue weighted by molar-refractivity contribution is 5.95. The van der Waals surface area contributed by atoms with E-state index in [0.29, 0.717) is 31.7 Å². The highest BCUT2D eigenvalue weighted by Gasteiger charge is 2.27. The molecule has 1 unspecified atom stereocenters. The molecule has 1 aromatic heterocycles. The number of likely N-dealkylation sites (N-methyl/N-ethyl adjacent to an activating group) is 1. The van der Waals surface area contributed by atoms with E-state index in [9.17, 15) is 9.59 Å². The third-order valence-corrected chi connectivity index (χ3v) is 4.71. The van der Waals surface area contributed by atoms with Crippen LogP contribution >= 0.6 is 0 Å². The molecule has 2 aromatic rings. The number of fused-ring (bicyclic) bond motifs is 1. The Morgan fingerprint density at radius 2 is 2.14 bits per heavy atom. The monoisotopic (exact) mass is 386 g/mol. The maximum atomic E-state index is 12.3. The Morgan fingerprint density at radius 1 is 1.36 bits per heavy atom. The fourth-order valence-corrected chi connectivity index (χ4v) is 3.10. The van der Waals surface area contributed by atoms with Crippen LogP contribution in [-0.2, 0) is 11.3 Å². The fraction of sp³-hybridized carbons (Fsp3) is 0.474. The molecule has 2 heterocycles. The zero-order valence-electron chi connectivity index (χ0n) is 16.7. The van der Waals surface area contributed by atoms with Crippen molar-refractivity contribution in [2.24, 2.45) is 0 Å². The van der Waals surface area contributed by atoms with Crippen LogP contribution in [0.1, 0.15) is 22.5 Å². The Morgan fingerprint density at radius 3 is 2.82 bits per heavy atom. The van der Waals surface area contributed by atoms with Crippen LogP contribution in [0.4, 0.5) is 5.69 Å². The van der Waals surface area contributed by atoms with E-state index in [2.05, 4.69) is 15.6 Å². The van der Waals surface area contributed by atoms with E-state index in [1.807, 2.05) is 31.1 Å². The smallest absolute Gasteiger partial charge is 0.253 e. The first-order valence-corrected chi connectivity index (χ1v) is 9.20. The van der Waals surface area contributed by atoms with Gasteiger partial charge in [0.15, 0.2) is 0 Å². The number of rotatable bonds is 6. The van der Waals surface area contributed by atoms with Crippen LogP contribution in [-0.4, -0.2) is 72.0 Å². The average molecular weight is 386 g/mol. The molecule has 0 fully saturated rings. The molecule has 9 nitrogen and oxygen atoms in total. The van der Waals surface area contributed by atoms with E-state index < -0.39 is 0 Å². The zero-order valence-corrected chi connectivity index (χ0v) is 16.7. The number of anilines is 1. The van der Waals surface area contributed by atoms with Gasteiger partial charge in [-0.25, -0.2) is 0 Å². The molecule has 1 aliphatic heterocycles. The molecule has 0 saturated heterocycles. The molecule has 0 spiro atoms. The number of nitrogens with one attached hydrogen (secondary N) is 1. The van der Waals surface area contributed by atoms with E-state index in [-0.39, 0.29) is 17.9 Å². The number of carbonyl (C=O) groups is 2. The van der Waals surface area contributed by atoms with E-state index >= 15 is 0 Å². The van der Waals surface area contributed by atoms with Crippen molar-refractivity contribution in [3.8, 4) is 5.75 Å². The van der Waals surface area contributed by atoms with E-state index in [0.717, 1.165) is 17.1 Å². The minimum Gasteiger partial charge on any atom is -0.489 e. The summed E-state index contributed by atoms with van der Waals surface area (Å²) in [5, 5.41) is 10.8. The second-order valence-corrected chi connectivity index (χ2v) is 7.13. The number of aryl methyl sites for hydroxylation is 1. The minimum atomic E-state index is -0.106. The summed E-state index contributed by atoms with van der Waals surface area (Å²) in [6.45, 7) is 3.34. The van der Waals surface area contributed by atoms with Gasteiger partial charge in [-0.3, -0.25) is 14.3 Å². The molecule has 150 valence electrons. The summed E-state index contributed by atoms with van der Waals surface area (Å²) >= 11 is 0. The minimum absolute atomic E-state index is 0.0544. The number of nitrogens with zero attached hydrogens (tertiary/aromatic N) is 5. The number of benzene rings is 1. The topological polar surface area (TPSA) is 92.6 Å². The molecule has 0 radical (unpaired) electrons. The van der Waals surface area contributed by atoms with E-state index in [1.54, 1.807) is 30.9 Å². The third-order valence-electron chi connectivity index (χ3n) is 4.71. The largest absolute Gasteiger partial charge is 0.489 e. The molecule has 0 saturated carbocycles. The quantitative estimate of drug-likeness (QED) is 0.785. The Balaban J connectivity index is 1.58. The number of hydrogen-bond acceptors (Lipinski definition) is 6. The maximum absolute atomic E-state index is 12.3. The van der Waals surface area contributed by atoms with Crippen LogP contribution in [0.3, 0.4) is 0 Å². The van der Waals surface area contributed by atoms with Gasteiger partial charge in [0, 0.05) is 39.4 Å². The van der Waals surface area contributed by atoms with Crippen LogP contribution in [0, 0.1) is 6.92 Å². The van der Waals surface area contributed by atoms with Gasteiger partial charge in [-0.05, 0) is 25.1 Å². The molecule has 28 heavy (non-hydrogen) atoms. The van der Waals surface area contributed by atoms with Crippen LogP contribution < -0.4 is 15.0 Å². The fourth-order valence-electron chi connectivity index (χ4n) is 3.10. The molecule has 1 aromatic carbocycles. The van der Waals surface area contributed by atoms with Crippen LogP contribution in [0.5, 0.6) is 5.75 Å². The van der Waals surface area contributed by atoms with Crippen molar-refractivity contribution in [2.75, 3.05) is 39.2 Å². The lowest BCUT2D eigenvalue weighted by molar-refractivity contribution is -0.121. The highest BCUT2D eigenvalue weighted by Crippen LogP contribution is 2.34. The first-order valence-electron chi connectivity index (χ1n) is 9.20. The Kier molecular flexibility index (Phi) is 5.81. The van der Waals surface area contributed by atoms with E-state index in [4.69, 9.17) is 4.74 Å². The molecular formula is C19H26N6O3. The predicted molar refractivity (Wildman–Crippen MR) is 105 cm³/mol. The Hall–Kier alpha value is -3.10. The molecule has 0 aliphatic carbocycles. The second-order valence-electron chi connectivity index (χ2n) is 7.13. The number of ether oxygens (including phenoxy) is 1. The summed E-state index contributed by atoms with van der Waals surface area (Å²) in [5.74, 6) is 0.594. The molecule has 2 amide bonds. The van der Waals surface area contributed by atoms with Gasteiger partial charge in [0.1, 0.15) is 12.4 Å². The van der Waals surface area contributed by atoms with Gasteiger partial charge >= 0.3 is 0 Å². The van der Waals surface area contributed by atoms with Crippen LogP contribution in [0.15, 0.2) is 24.4 Å². The van der Waals surface area contributed by atoms with Crippen molar-refractivity contribution in [2.45, 2.75) is 25.9 Å². The number of amides is 2. The van der Waals surface area contributed by atoms with Gasteiger partial charge in [0.25, 0.3) is 5.91 Å². The standard InChI is InChI=1S/C19H26N6O3/c1-13-11-25(22-21-13)8-7-20-18(26)10-15-12-28-17-6-5-14(19(27)23(2)3)9-16(17)24(15)4/h5-6,9,11,15H,7-8,10,12H2,1-4H3,(H,20,26). The molecule has 9 heteroatoms. The van der Waals surface area contributed by atoms with Gasteiger partial charge in [0.2, 0.25) is 5.91 Å². The number of hydrogen-bond donors (Lipinski definition) is 1. The van der Waals surface area contributed by atoms with Gasteiger partial charge in [-0.1, -0.05) is 5.21 Å². The van der Waals surface area contributed by atoms with Crippen molar-refractivity contribution >= 4 is 17.5 Å². The molecular weight excluding hydrogens is 360 g/mol. The average Bonchev–Trinajstić information content (AvgIpc) is 3.08. The predicted octanol–water partition coefficient (Wildman–Crippen LogP) is 0.692. The second kappa shape index (κ2) is 8.28. The van der Waals surface area contributed by atoms with Gasteiger partial charge in [-0.15, -0.1) is 5.10 Å². The Bertz CT molecular complexity index is 863. The lowest BCUT2D eigenvalue weighted by Crippen LogP contribution is -2.44. The summed E-state index contributed by atoms with van der Waals surface area (Å²) in [5.41, 5.74) is 2.25. The molecule has 1 aliphatic rings. The summed E-state index contributed by atoms with van der Waals surface area (Å²) < 4.78 is 7.51. The molecule has 1 N–H and O–H groups in total. The van der Waals surface area contributed by atoms with Gasteiger partial charge in [0.05, 0.1) is 30.4 Å². The normalized spacial score (nSPS) is 15.6. The lowest BCUT2D eigenvalue weighted by Gasteiger charge is -2.35. The summed E-state index contributed by atoms with van der Waals surface area (Å²) in [6, 6.07) is 5.27.